The molecule has 0 spiro atoms. The standard InChI is InChI=1S/C19H16ClF3N4O/c1-12(2)8-10-26-18(28)27(14-5-3-13(4-6-14)19(21,22)23)17(25-26)15-7-9-24-11-16(15)20/h3-9,11H,10H2,1-2H3. The van der Waals surface area contributed by atoms with Gasteiger partial charge in [0.25, 0.3) is 0 Å². The van der Waals surface area contributed by atoms with Crippen LogP contribution in [0.1, 0.15) is 19.4 Å². The predicted octanol–water partition coefficient (Wildman–Crippen LogP) is 4.73. The van der Waals surface area contributed by atoms with Crippen LogP contribution in [0.4, 0.5) is 13.2 Å². The Morgan fingerprint density at radius 3 is 2.43 bits per heavy atom. The molecule has 0 N–H and O–H groups in total. The Balaban J connectivity index is 2.20. The van der Waals surface area contributed by atoms with Crippen LogP contribution in [0, 0.1) is 0 Å². The molecule has 146 valence electrons. The third-order valence-corrected chi connectivity index (χ3v) is 4.28. The van der Waals surface area contributed by atoms with Gasteiger partial charge in [0, 0.05) is 18.0 Å². The molecule has 9 heteroatoms. The van der Waals surface area contributed by atoms with Crippen LogP contribution in [0.3, 0.4) is 0 Å². The summed E-state index contributed by atoms with van der Waals surface area (Å²) in [5, 5.41) is 4.62. The van der Waals surface area contributed by atoms with Gasteiger partial charge in [-0.15, -0.1) is 5.10 Å². The van der Waals surface area contributed by atoms with E-state index in [4.69, 9.17) is 11.6 Å². The van der Waals surface area contributed by atoms with Crippen LogP contribution in [0.25, 0.3) is 17.1 Å². The van der Waals surface area contributed by atoms with Gasteiger partial charge in [-0.3, -0.25) is 4.98 Å². The normalized spacial score (nSPS) is 11.5. The molecule has 0 atom stereocenters. The summed E-state index contributed by atoms with van der Waals surface area (Å²) in [4.78, 5) is 16.8. The molecule has 2 aromatic heterocycles. The van der Waals surface area contributed by atoms with Crippen molar-refractivity contribution >= 4 is 11.6 Å². The van der Waals surface area contributed by atoms with Crippen LogP contribution in [0.15, 0.2) is 59.2 Å². The first kappa shape index (κ1) is 19.9. The van der Waals surface area contributed by atoms with Crippen molar-refractivity contribution in [2.24, 2.45) is 0 Å². The Morgan fingerprint density at radius 1 is 1.18 bits per heavy atom. The average Bonchev–Trinajstić information content (AvgIpc) is 2.96. The molecule has 0 bridgehead atoms. The van der Waals surface area contributed by atoms with E-state index >= 15 is 0 Å². The summed E-state index contributed by atoms with van der Waals surface area (Å²) in [6.07, 6.45) is 0.267. The van der Waals surface area contributed by atoms with Crippen LogP contribution >= 0.6 is 11.6 Å². The minimum Gasteiger partial charge on any atom is -0.263 e. The number of nitrogens with zero attached hydrogens (tertiary/aromatic N) is 4. The minimum atomic E-state index is -4.46. The largest absolute Gasteiger partial charge is 0.416 e. The van der Waals surface area contributed by atoms with Gasteiger partial charge in [0.2, 0.25) is 0 Å². The summed E-state index contributed by atoms with van der Waals surface area (Å²) in [6.45, 7) is 4.00. The summed E-state index contributed by atoms with van der Waals surface area (Å²) in [5.41, 5.74) is 0.415. The fourth-order valence-electron chi connectivity index (χ4n) is 2.56. The maximum Gasteiger partial charge on any atom is 0.416 e. The molecule has 0 aliphatic heterocycles. The van der Waals surface area contributed by atoms with Gasteiger partial charge in [0.15, 0.2) is 5.82 Å². The molecule has 0 saturated carbocycles. The number of rotatable bonds is 4. The van der Waals surface area contributed by atoms with E-state index in [-0.39, 0.29) is 23.1 Å². The summed E-state index contributed by atoms with van der Waals surface area (Å²) in [5.74, 6) is 0.222. The van der Waals surface area contributed by atoms with E-state index in [0.29, 0.717) is 5.56 Å². The maximum atomic E-state index is 12.9. The molecule has 0 aliphatic carbocycles. The van der Waals surface area contributed by atoms with Gasteiger partial charge in [-0.05, 0) is 44.2 Å². The molecule has 3 rings (SSSR count). The highest BCUT2D eigenvalue weighted by Crippen LogP contribution is 2.31. The van der Waals surface area contributed by atoms with E-state index in [1.165, 1.54) is 33.8 Å². The average molecular weight is 409 g/mol. The molecule has 2 heterocycles. The summed E-state index contributed by atoms with van der Waals surface area (Å²) < 4.78 is 41.1. The molecule has 0 aliphatic rings. The van der Waals surface area contributed by atoms with Crippen molar-refractivity contribution < 1.29 is 13.2 Å². The number of halogens is 4. The lowest BCUT2D eigenvalue weighted by molar-refractivity contribution is -0.137. The Labute approximate surface area is 163 Å². The highest BCUT2D eigenvalue weighted by molar-refractivity contribution is 6.33. The Kier molecular flexibility index (Phi) is 5.42. The number of hydrogen-bond donors (Lipinski definition) is 0. The van der Waals surface area contributed by atoms with Gasteiger partial charge in [0.05, 0.1) is 22.8 Å². The lowest BCUT2D eigenvalue weighted by Crippen LogP contribution is -2.24. The van der Waals surface area contributed by atoms with Crippen molar-refractivity contribution in [3.8, 4) is 17.1 Å². The zero-order valence-electron chi connectivity index (χ0n) is 15.0. The van der Waals surface area contributed by atoms with Crippen molar-refractivity contribution in [1.29, 1.82) is 0 Å². The molecule has 0 amide bonds. The Bertz CT molecular complexity index is 1080. The van der Waals surface area contributed by atoms with Crippen LogP contribution in [0.2, 0.25) is 5.02 Å². The van der Waals surface area contributed by atoms with Gasteiger partial charge in [-0.1, -0.05) is 23.3 Å². The number of pyridine rings is 1. The highest BCUT2D eigenvalue weighted by Gasteiger charge is 2.30. The van der Waals surface area contributed by atoms with Gasteiger partial charge in [-0.25, -0.2) is 14.0 Å². The first-order valence-corrected chi connectivity index (χ1v) is 8.67. The molecule has 5 nitrogen and oxygen atoms in total. The monoisotopic (exact) mass is 408 g/mol. The number of allylic oxidation sites excluding steroid dienone is 2. The van der Waals surface area contributed by atoms with E-state index in [1.807, 2.05) is 19.9 Å². The number of benzene rings is 1. The van der Waals surface area contributed by atoms with Crippen molar-refractivity contribution in [3.63, 3.8) is 0 Å². The summed E-state index contributed by atoms with van der Waals surface area (Å²) in [7, 11) is 0. The lowest BCUT2D eigenvalue weighted by atomic mass is 10.2. The lowest BCUT2D eigenvalue weighted by Gasteiger charge is -2.09. The fraction of sp³-hybridized carbons (Fsp3) is 0.211. The van der Waals surface area contributed by atoms with Crippen molar-refractivity contribution in [2.75, 3.05) is 0 Å². The summed E-state index contributed by atoms with van der Waals surface area (Å²) in [6, 6.07) is 5.90. The third-order valence-electron chi connectivity index (χ3n) is 3.98. The molecule has 0 radical (unpaired) electrons. The van der Waals surface area contributed by atoms with Gasteiger partial charge < -0.3 is 0 Å². The molecule has 1 aromatic carbocycles. The van der Waals surface area contributed by atoms with Gasteiger partial charge in [-0.2, -0.15) is 13.2 Å². The molecule has 3 aromatic rings. The first-order chi connectivity index (χ1) is 13.2. The molecule has 0 unspecified atom stereocenters. The Hall–Kier alpha value is -2.87. The molecular weight excluding hydrogens is 393 g/mol. The van der Waals surface area contributed by atoms with Crippen LogP contribution < -0.4 is 5.69 Å². The zero-order valence-corrected chi connectivity index (χ0v) is 15.8. The quantitative estimate of drug-likeness (QED) is 0.586. The minimum absolute atomic E-state index is 0.222. The number of hydrogen-bond acceptors (Lipinski definition) is 3. The number of alkyl halides is 3. The first-order valence-electron chi connectivity index (χ1n) is 8.29. The predicted molar refractivity (Wildman–Crippen MR) is 100 cm³/mol. The second-order valence-electron chi connectivity index (χ2n) is 6.31. The zero-order chi connectivity index (χ0) is 20.5. The van der Waals surface area contributed by atoms with E-state index in [0.717, 1.165) is 17.7 Å². The van der Waals surface area contributed by atoms with Gasteiger partial charge in [0.1, 0.15) is 0 Å². The summed E-state index contributed by atoms with van der Waals surface area (Å²) >= 11 is 6.20. The molecule has 28 heavy (non-hydrogen) atoms. The van der Waals surface area contributed by atoms with E-state index < -0.39 is 17.4 Å². The van der Waals surface area contributed by atoms with Crippen molar-refractivity contribution in [2.45, 2.75) is 26.6 Å². The number of aromatic nitrogens is 4. The van der Waals surface area contributed by atoms with Gasteiger partial charge >= 0.3 is 11.9 Å². The second kappa shape index (κ2) is 7.63. The molecule has 0 fully saturated rings. The topological polar surface area (TPSA) is 52.7 Å². The SMILES string of the molecule is CC(C)=CCn1nc(-c2ccncc2Cl)n(-c2ccc(C(F)(F)F)cc2)c1=O. The van der Waals surface area contributed by atoms with Crippen molar-refractivity contribution in [1.82, 2.24) is 19.3 Å². The maximum absolute atomic E-state index is 12.9. The smallest absolute Gasteiger partial charge is 0.263 e. The van der Waals surface area contributed by atoms with Crippen LogP contribution in [0.5, 0.6) is 0 Å². The molecule has 0 saturated heterocycles. The van der Waals surface area contributed by atoms with E-state index in [2.05, 4.69) is 10.1 Å². The third kappa shape index (κ3) is 4.01. The fourth-order valence-corrected chi connectivity index (χ4v) is 2.76. The highest BCUT2D eigenvalue weighted by atomic mass is 35.5. The second-order valence-corrected chi connectivity index (χ2v) is 6.71. The van der Waals surface area contributed by atoms with E-state index in [1.54, 1.807) is 6.07 Å². The van der Waals surface area contributed by atoms with Crippen molar-refractivity contribution in [3.05, 3.63) is 75.4 Å². The van der Waals surface area contributed by atoms with E-state index in [9.17, 15) is 18.0 Å². The van der Waals surface area contributed by atoms with Crippen LogP contribution in [-0.4, -0.2) is 19.3 Å². The molecular formula is C19H16ClF3N4O. The Morgan fingerprint density at radius 2 is 1.86 bits per heavy atom. The van der Waals surface area contributed by atoms with Crippen LogP contribution in [-0.2, 0) is 12.7 Å².